The maximum absolute atomic E-state index is 14.3. The predicted molar refractivity (Wildman–Crippen MR) is 170 cm³/mol. The molecule has 250 valence electrons. The number of benzene rings is 2. The minimum absolute atomic E-state index is 0.0276. The highest BCUT2D eigenvalue weighted by Gasteiger charge is 2.42. The molecule has 46 heavy (non-hydrogen) atoms. The molecular weight excluding hydrogens is 596 g/mol. The van der Waals surface area contributed by atoms with Crippen LogP contribution in [0.3, 0.4) is 0 Å². The van der Waals surface area contributed by atoms with Crippen LogP contribution in [0, 0.1) is 17.7 Å². The van der Waals surface area contributed by atoms with Crippen LogP contribution in [0.2, 0.25) is 0 Å². The SMILES string of the molecule is CCn1nc(Cc2ccc(C(F)(F)F)cc2)cc1C1CCN(C[C@H]2C[C@H](N(C)[C@@H](C(=O)O)C(C)C)C[C@@H]2c2cccc(F)c2)CC1. The Kier molecular flexibility index (Phi) is 10.6. The van der Waals surface area contributed by atoms with Crippen LogP contribution in [0.15, 0.2) is 54.6 Å². The number of rotatable bonds is 11. The van der Waals surface area contributed by atoms with Gasteiger partial charge in [-0.1, -0.05) is 38.1 Å². The summed E-state index contributed by atoms with van der Waals surface area (Å²) in [5.74, 6) is -0.307. The summed E-state index contributed by atoms with van der Waals surface area (Å²) in [4.78, 5) is 16.7. The van der Waals surface area contributed by atoms with Crippen LogP contribution in [0.1, 0.15) is 86.4 Å². The van der Waals surface area contributed by atoms with Gasteiger partial charge in [-0.15, -0.1) is 0 Å². The summed E-state index contributed by atoms with van der Waals surface area (Å²) in [6, 6.07) is 13.8. The van der Waals surface area contributed by atoms with E-state index in [-0.39, 0.29) is 29.6 Å². The van der Waals surface area contributed by atoms with Gasteiger partial charge in [-0.05, 0) is 112 Å². The Morgan fingerprint density at radius 3 is 2.35 bits per heavy atom. The van der Waals surface area contributed by atoms with Crippen molar-refractivity contribution in [3.63, 3.8) is 0 Å². The van der Waals surface area contributed by atoms with Crippen LogP contribution in [-0.4, -0.2) is 69.4 Å². The van der Waals surface area contributed by atoms with Gasteiger partial charge < -0.3 is 10.0 Å². The molecule has 1 aromatic heterocycles. The maximum atomic E-state index is 14.3. The van der Waals surface area contributed by atoms with Gasteiger partial charge in [0.1, 0.15) is 11.9 Å². The lowest BCUT2D eigenvalue weighted by atomic mass is 9.87. The zero-order valence-electron chi connectivity index (χ0n) is 27.2. The second-order valence-electron chi connectivity index (χ2n) is 13.6. The van der Waals surface area contributed by atoms with Gasteiger partial charge in [-0.2, -0.15) is 18.3 Å². The molecule has 2 heterocycles. The Bertz CT molecular complexity index is 1460. The molecule has 10 heteroatoms. The number of likely N-dealkylation sites (tertiary alicyclic amines) is 1. The molecule has 0 radical (unpaired) electrons. The molecule has 2 aromatic carbocycles. The van der Waals surface area contributed by atoms with Gasteiger partial charge in [0, 0.05) is 37.2 Å². The predicted octanol–water partition coefficient (Wildman–Crippen LogP) is 7.43. The molecule has 0 unspecified atom stereocenters. The molecule has 0 amide bonds. The molecule has 2 aliphatic rings. The molecule has 5 rings (SSSR count). The van der Waals surface area contributed by atoms with Crippen molar-refractivity contribution in [1.29, 1.82) is 0 Å². The highest BCUT2D eigenvalue weighted by atomic mass is 19.4. The third-order valence-electron chi connectivity index (χ3n) is 10.2. The Morgan fingerprint density at radius 1 is 1.07 bits per heavy atom. The van der Waals surface area contributed by atoms with E-state index in [0.29, 0.717) is 12.3 Å². The van der Waals surface area contributed by atoms with Crippen LogP contribution >= 0.6 is 0 Å². The summed E-state index contributed by atoms with van der Waals surface area (Å²) < 4.78 is 55.3. The van der Waals surface area contributed by atoms with Gasteiger partial charge in [-0.25, -0.2) is 4.39 Å². The monoisotopic (exact) mass is 642 g/mol. The number of hydrogen-bond acceptors (Lipinski definition) is 4. The van der Waals surface area contributed by atoms with Crippen molar-refractivity contribution in [3.05, 3.63) is 88.5 Å². The summed E-state index contributed by atoms with van der Waals surface area (Å²) >= 11 is 0. The first-order valence-electron chi connectivity index (χ1n) is 16.5. The average Bonchev–Trinajstić information content (AvgIpc) is 3.61. The zero-order chi connectivity index (χ0) is 33.2. The highest BCUT2D eigenvalue weighted by molar-refractivity contribution is 5.73. The molecule has 0 bridgehead atoms. The first kappa shape index (κ1) is 34.1. The second kappa shape index (κ2) is 14.3. The fraction of sp³-hybridized carbons (Fsp3) is 0.556. The maximum Gasteiger partial charge on any atom is 0.416 e. The fourth-order valence-corrected chi connectivity index (χ4v) is 7.85. The van der Waals surface area contributed by atoms with Crippen molar-refractivity contribution in [2.45, 2.75) is 89.5 Å². The van der Waals surface area contributed by atoms with E-state index in [1.807, 2.05) is 36.5 Å². The van der Waals surface area contributed by atoms with E-state index < -0.39 is 23.8 Å². The Balaban J connectivity index is 1.24. The molecule has 4 atom stereocenters. The van der Waals surface area contributed by atoms with Crippen molar-refractivity contribution in [3.8, 4) is 0 Å². The summed E-state index contributed by atoms with van der Waals surface area (Å²) in [5, 5.41) is 14.7. The third kappa shape index (κ3) is 7.82. The Morgan fingerprint density at radius 2 is 1.76 bits per heavy atom. The molecule has 3 aromatic rings. The minimum Gasteiger partial charge on any atom is -0.480 e. The number of nitrogens with zero attached hydrogens (tertiary/aromatic N) is 4. The van der Waals surface area contributed by atoms with Crippen LogP contribution in [0.25, 0.3) is 0 Å². The molecule has 1 saturated carbocycles. The number of likely N-dealkylation sites (N-methyl/N-ethyl adjacent to an activating group) is 1. The summed E-state index contributed by atoms with van der Waals surface area (Å²) in [6.45, 7) is 9.39. The molecule has 0 spiro atoms. The number of carboxylic acid groups (broad SMARTS) is 1. The standard InChI is InChI=1S/C36H46F4N4O2/c1-5-44-33(20-30(41-44)17-24-9-11-28(12-10-24)36(38,39)40)25-13-15-43(16-14-25)22-27-19-31(42(4)34(23(2)3)35(45)46)21-32(27)26-7-6-8-29(37)18-26/h6-12,18,20,23,25,27,31-32,34H,5,13-17,19,21-22H2,1-4H3,(H,45,46)/t27-,31+,32-,34-/m1/s1. The molecule has 1 N–H and O–H groups in total. The smallest absolute Gasteiger partial charge is 0.416 e. The van der Waals surface area contributed by atoms with E-state index in [1.54, 1.807) is 12.1 Å². The topological polar surface area (TPSA) is 61.6 Å². The van der Waals surface area contributed by atoms with Crippen molar-refractivity contribution >= 4 is 5.97 Å². The van der Waals surface area contributed by atoms with Gasteiger partial charge in [0.25, 0.3) is 0 Å². The number of hydrogen-bond donors (Lipinski definition) is 1. The van der Waals surface area contributed by atoms with Crippen molar-refractivity contribution in [2.75, 3.05) is 26.7 Å². The lowest BCUT2D eigenvalue weighted by molar-refractivity contribution is -0.145. The summed E-state index contributed by atoms with van der Waals surface area (Å²) in [5.41, 5.74) is 3.17. The second-order valence-corrected chi connectivity index (χ2v) is 13.6. The van der Waals surface area contributed by atoms with E-state index >= 15 is 0 Å². The minimum atomic E-state index is -4.35. The first-order valence-corrected chi connectivity index (χ1v) is 16.5. The van der Waals surface area contributed by atoms with Crippen molar-refractivity contribution in [1.82, 2.24) is 19.6 Å². The third-order valence-corrected chi connectivity index (χ3v) is 10.2. The van der Waals surface area contributed by atoms with Crippen molar-refractivity contribution in [2.24, 2.45) is 11.8 Å². The van der Waals surface area contributed by atoms with Crippen LogP contribution in [-0.2, 0) is 23.9 Å². The number of aliphatic carboxylic acids is 1. The van der Waals surface area contributed by atoms with Crippen LogP contribution < -0.4 is 0 Å². The zero-order valence-corrected chi connectivity index (χ0v) is 27.2. The van der Waals surface area contributed by atoms with Crippen LogP contribution in [0.5, 0.6) is 0 Å². The lowest BCUT2D eigenvalue weighted by Gasteiger charge is -2.35. The molecule has 1 aliphatic heterocycles. The fourth-order valence-electron chi connectivity index (χ4n) is 7.85. The number of carboxylic acids is 1. The number of halogens is 4. The van der Waals surface area contributed by atoms with E-state index in [4.69, 9.17) is 5.10 Å². The van der Waals surface area contributed by atoms with E-state index in [2.05, 4.69) is 17.9 Å². The summed E-state index contributed by atoms with van der Waals surface area (Å²) in [7, 11) is 1.92. The molecule has 1 aliphatic carbocycles. The Hall–Kier alpha value is -3.24. The van der Waals surface area contributed by atoms with Crippen molar-refractivity contribution < 1.29 is 27.5 Å². The van der Waals surface area contributed by atoms with Gasteiger partial charge in [0.15, 0.2) is 0 Å². The summed E-state index contributed by atoms with van der Waals surface area (Å²) in [6.07, 6.45) is -0.257. The Labute approximate surface area is 269 Å². The first-order chi connectivity index (χ1) is 21.8. The van der Waals surface area contributed by atoms with Gasteiger partial charge in [0.05, 0.1) is 11.3 Å². The number of carbonyl (C=O) groups is 1. The lowest BCUT2D eigenvalue weighted by Crippen LogP contribution is -2.47. The molecular formula is C36H46F4N4O2. The van der Waals surface area contributed by atoms with E-state index in [1.165, 1.54) is 23.9 Å². The largest absolute Gasteiger partial charge is 0.480 e. The van der Waals surface area contributed by atoms with Gasteiger partial charge >= 0.3 is 12.1 Å². The van der Waals surface area contributed by atoms with Gasteiger partial charge in [0.2, 0.25) is 0 Å². The molecule has 1 saturated heterocycles. The van der Waals surface area contributed by atoms with E-state index in [9.17, 15) is 27.5 Å². The quantitative estimate of drug-likeness (QED) is 0.221. The number of aromatic nitrogens is 2. The number of alkyl halides is 3. The normalized spacial score (nSPS) is 22.2. The highest BCUT2D eigenvalue weighted by Crippen LogP contribution is 2.44. The number of piperidine rings is 1. The van der Waals surface area contributed by atoms with Gasteiger partial charge in [-0.3, -0.25) is 14.4 Å². The average molecular weight is 643 g/mol. The molecule has 6 nitrogen and oxygen atoms in total. The number of aryl methyl sites for hydroxylation is 1. The molecule has 2 fully saturated rings. The van der Waals surface area contributed by atoms with Crippen LogP contribution in [0.4, 0.5) is 17.6 Å². The van der Waals surface area contributed by atoms with E-state index in [0.717, 1.165) is 80.8 Å².